The number of carbonyl (C=O) groups excluding carboxylic acids is 1. The molecule has 1 amide bonds. The molecule has 0 spiro atoms. The van der Waals surface area contributed by atoms with E-state index in [-0.39, 0.29) is 5.91 Å². The van der Waals surface area contributed by atoms with Crippen LogP contribution in [-0.4, -0.2) is 57.4 Å². The molecule has 1 saturated heterocycles. The molecular weight excluding hydrogens is 398 g/mol. The minimum Gasteiger partial charge on any atom is -0.497 e. The van der Waals surface area contributed by atoms with Crippen LogP contribution >= 0.6 is 11.3 Å². The second kappa shape index (κ2) is 10.0. The molecule has 1 N–H and O–H groups in total. The minimum atomic E-state index is 0.0872. The molecular formula is C23H28N3O3S+. The topological polar surface area (TPSA) is 56.1 Å². The van der Waals surface area contributed by atoms with Crippen molar-refractivity contribution < 1.29 is 19.2 Å². The zero-order chi connectivity index (χ0) is 20.8. The maximum atomic E-state index is 13.2. The Balaban J connectivity index is 1.51. The van der Waals surface area contributed by atoms with E-state index in [1.165, 1.54) is 0 Å². The standard InChI is InChI=1S/C23H27N3O3S/c1-28-19-8-9-20-21(17-19)30-23(24-20)26(11-5-10-25-12-14-29-15-13-25)22(27)16-18-6-3-2-4-7-18/h2-4,6-9,17H,5,10-16H2,1H3/p+1. The number of aromatic nitrogens is 1. The van der Waals surface area contributed by atoms with Crippen LogP contribution in [0.3, 0.4) is 0 Å². The first kappa shape index (κ1) is 20.8. The van der Waals surface area contributed by atoms with E-state index in [4.69, 9.17) is 14.5 Å². The van der Waals surface area contributed by atoms with E-state index in [1.807, 2.05) is 53.4 Å². The predicted octanol–water partition coefficient (Wildman–Crippen LogP) is 2.19. The van der Waals surface area contributed by atoms with Crippen LogP contribution < -0.4 is 14.5 Å². The van der Waals surface area contributed by atoms with Gasteiger partial charge in [0.25, 0.3) is 0 Å². The van der Waals surface area contributed by atoms with Gasteiger partial charge in [0.2, 0.25) is 5.91 Å². The Labute approximate surface area is 181 Å². The first-order valence-electron chi connectivity index (χ1n) is 10.4. The Hall–Kier alpha value is -2.48. The Bertz CT molecular complexity index is 970. The van der Waals surface area contributed by atoms with Gasteiger partial charge in [-0.1, -0.05) is 41.7 Å². The lowest BCUT2D eigenvalue weighted by Gasteiger charge is -2.25. The third kappa shape index (κ3) is 5.16. The van der Waals surface area contributed by atoms with Crippen LogP contribution in [0.15, 0.2) is 48.5 Å². The molecule has 2 heterocycles. The molecule has 1 aliphatic rings. The summed E-state index contributed by atoms with van der Waals surface area (Å²) in [6.45, 7) is 5.44. The zero-order valence-corrected chi connectivity index (χ0v) is 18.1. The van der Waals surface area contributed by atoms with Gasteiger partial charge in [0.1, 0.15) is 18.8 Å². The number of hydrogen-bond donors (Lipinski definition) is 1. The SMILES string of the molecule is COc1ccc2nc(N(CCC[NH+]3CCOCC3)C(=O)Cc3ccccc3)sc2c1. The lowest BCUT2D eigenvalue weighted by Crippen LogP contribution is -3.14. The van der Waals surface area contributed by atoms with Gasteiger partial charge < -0.3 is 14.4 Å². The number of benzene rings is 2. The average molecular weight is 427 g/mol. The van der Waals surface area contributed by atoms with Gasteiger partial charge in [0, 0.05) is 13.0 Å². The van der Waals surface area contributed by atoms with Gasteiger partial charge in [-0.3, -0.25) is 9.69 Å². The smallest absolute Gasteiger partial charge is 0.233 e. The van der Waals surface area contributed by atoms with Crippen molar-refractivity contribution in [1.29, 1.82) is 0 Å². The fourth-order valence-electron chi connectivity index (χ4n) is 3.73. The number of methoxy groups -OCH3 is 1. The molecule has 2 aromatic carbocycles. The van der Waals surface area contributed by atoms with Crippen molar-refractivity contribution in [3.8, 4) is 5.75 Å². The Morgan fingerprint density at radius 1 is 1.20 bits per heavy atom. The van der Waals surface area contributed by atoms with Gasteiger partial charge in [-0.25, -0.2) is 4.98 Å². The number of amides is 1. The minimum absolute atomic E-state index is 0.0872. The predicted molar refractivity (Wildman–Crippen MR) is 120 cm³/mol. The van der Waals surface area contributed by atoms with Gasteiger partial charge in [-0.05, 0) is 23.8 Å². The summed E-state index contributed by atoms with van der Waals surface area (Å²) < 4.78 is 11.8. The normalized spacial score (nSPS) is 14.7. The van der Waals surface area contributed by atoms with Crippen molar-refractivity contribution in [2.75, 3.05) is 51.4 Å². The number of anilines is 1. The van der Waals surface area contributed by atoms with Crippen molar-refractivity contribution in [1.82, 2.24) is 4.98 Å². The summed E-state index contributed by atoms with van der Waals surface area (Å²) in [5, 5.41) is 0.760. The molecule has 4 rings (SSSR count). The largest absolute Gasteiger partial charge is 0.497 e. The van der Waals surface area contributed by atoms with Gasteiger partial charge in [-0.2, -0.15) is 0 Å². The third-order valence-corrected chi connectivity index (χ3v) is 6.47. The second-order valence-electron chi connectivity index (χ2n) is 7.50. The van der Waals surface area contributed by atoms with E-state index in [1.54, 1.807) is 23.3 Å². The van der Waals surface area contributed by atoms with Gasteiger partial charge in [-0.15, -0.1) is 0 Å². The number of fused-ring (bicyclic) bond motifs is 1. The maximum Gasteiger partial charge on any atom is 0.233 e. The average Bonchev–Trinajstić information content (AvgIpc) is 3.20. The number of quaternary nitrogens is 1. The van der Waals surface area contributed by atoms with Crippen LogP contribution in [0.2, 0.25) is 0 Å². The number of rotatable bonds is 8. The van der Waals surface area contributed by atoms with Crippen LogP contribution in [0.25, 0.3) is 10.2 Å². The number of nitrogens with zero attached hydrogens (tertiary/aromatic N) is 2. The van der Waals surface area contributed by atoms with Crippen molar-refractivity contribution in [3.63, 3.8) is 0 Å². The van der Waals surface area contributed by atoms with E-state index in [0.29, 0.717) is 13.0 Å². The Morgan fingerprint density at radius 2 is 2.00 bits per heavy atom. The molecule has 0 atom stereocenters. The summed E-state index contributed by atoms with van der Waals surface area (Å²) in [6, 6.07) is 15.7. The van der Waals surface area contributed by atoms with Crippen molar-refractivity contribution >= 4 is 32.6 Å². The quantitative estimate of drug-likeness (QED) is 0.600. The first-order chi connectivity index (χ1) is 14.7. The third-order valence-electron chi connectivity index (χ3n) is 5.43. The molecule has 30 heavy (non-hydrogen) atoms. The number of nitrogens with one attached hydrogen (secondary N) is 1. The van der Waals surface area contributed by atoms with Crippen LogP contribution in [0.4, 0.5) is 5.13 Å². The van der Waals surface area contributed by atoms with Crippen LogP contribution in [0.5, 0.6) is 5.75 Å². The maximum absolute atomic E-state index is 13.2. The summed E-state index contributed by atoms with van der Waals surface area (Å²) in [4.78, 5) is 21.4. The molecule has 0 saturated carbocycles. The van der Waals surface area contributed by atoms with E-state index in [9.17, 15) is 4.79 Å². The van der Waals surface area contributed by atoms with Crippen LogP contribution in [0, 0.1) is 0 Å². The molecule has 0 aliphatic carbocycles. The first-order valence-corrected chi connectivity index (χ1v) is 11.2. The highest BCUT2D eigenvalue weighted by Crippen LogP contribution is 2.31. The van der Waals surface area contributed by atoms with Gasteiger partial charge in [0.05, 0.1) is 43.5 Å². The number of thiazole rings is 1. The summed E-state index contributed by atoms with van der Waals surface area (Å²) in [7, 11) is 1.66. The summed E-state index contributed by atoms with van der Waals surface area (Å²) >= 11 is 1.55. The number of morpholine rings is 1. The molecule has 1 fully saturated rings. The molecule has 3 aromatic rings. The highest BCUT2D eigenvalue weighted by atomic mass is 32.1. The highest BCUT2D eigenvalue weighted by Gasteiger charge is 2.21. The zero-order valence-electron chi connectivity index (χ0n) is 17.3. The Kier molecular flexibility index (Phi) is 6.94. The van der Waals surface area contributed by atoms with E-state index >= 15 is 0 Å². The van der Waals surface area contributed by atoms with E-state index < -0.39 is 0 Å². The Morgan fingerprint density at radius 3 is 2.77 bits per heavy atom. The van der Waals surface area contributed by atoms with Crippen LogP contribution in [0.1, 0.15) is 12.0 Å². The number of ether oxygens (including phenoxy) is 2. The molecule has 6 nitrogen and oxygen atoms in total. The lowest BCUT2D eigenvalue weighted by molar-refractivity contribution is -0.908. The summed E-state index contributed by atoms with van der Waals surface area (Å²) in [6.07, 6.45) is 1.32. The summed E-state index contributed by atoms with van der Waals surface area (Å²) in [5.41, 5.74) is 1.92. The lowest BCUT2D eigenvalue weighted by atomic mass is 10.1. The van der Waals surface area contributed by atoms with Crippen molar-refractivity contribution in [3.05, 3.63) is 54.1 Å². The number of hydrogen-bond acceptors (Lipinski definition) is 5. The second-order valence-corrected chi connectivity index (χ2v) is 8.51. The molecule has 0 unspecified atom stereocenters. The molecule has 0 radical (unpaired) electrons. The van der Waals surface area contributed by atoms with Gasteiger partial charge >= 0.3 is 0 Å². The molecule has 0 bridgehead atoms. The molecule has 1 aromatic heterocycles. The molecule has 7 heteroatoms. The van der Waals surface area contributed by atoms with Gasteiger partial charge in [0.15, 0.2) is 5.13 Å². The fraction of sp³-hybridized carbons (Fsp3) is 0.391. The van der Waals surface area contributed by atoms with E-state index in [2.05, 4.69) is 0 Å². The molecule has 158 valence electrons. The van der Waals surface area contributed by atoms with Crippen molar-refractivity contribution in [2.45, 2.75) is 12.8 Å². The monoisotopic (exact) mass is 426 g/mol. The summed E-state index contributed by atoms with van der Waals surface area (Å²) in [5.74, 6) is 0.889. The van der Waals surface area contributed by atoms with Crippen LogP contribution in [-0.2, 0) is 16.0 Å². The fourth-order valence-corrected chi connectivity index (χ4v) is 4.76. The van der Waals surface area contributed by atoms with Crippen molar-refractivity contribution in [2.24, 2.45) is 0 Å². The number of carbonyl (C=O) groups is 1. The molecule has 1 aliphatic heterocycles. The highest BCUT2D eigenvalue weighted by molar-refractivity contribution is 7.22. The van der Waals surface area contributed by atoms with E-state index in [0.717, 1.165) is 65.9 Å².